The highest BCUT2D eigenvalue weighted by molar-refractivity contribution is 7.18. The number of hydrogen-bond acceptors (Lipinski definition) is 5. The Balaban J connectivity index is 1.49. The maximum absolute atomic E-state index is 12.7. The van der Waals surface area contributed by atoms with E-state index in [0.29, 0.717) is 18.0 Å². The monoisotopic (exact) mass is 381 g/mol. The van der Waals surface area contributed by atoms with Crippen LogP contribution in [0.5, 0.6) is 5.75 Å². The van der Waals surface area contributed by atoms with E-state index >= 15 is 0 Å². The summed E-state index contributed by atoms with van der Waals surface area (Å²) in [6.07, 6.45) is 3.33. The third-order valence-electron chi connectivity index (χ3n) is 4.94. The first-order chi connectivity index (χ1) is 13.2. The van der Waals surface area contributed by atoms with Crippen molar-refractivity contribution in [3.05, 3.63) is 53.5 Å². The molecule has 27 heavy (non-hydrogen) atoms. The van der Waals surface area contributed by atoms with E-state index < -0.39 is 0 Å². The molecule has 0 aliphatic carbocycles. The number of carbonyl (C=O) groups is 1. The van der Waals surface area contributed by atoms with Gasteiger partial charge in [-0.1, -0.05) is 30.7 Å². The zero-order valence-corrected chi connectivity index (χ0v) is 16.2. The molecule has 2 heterocycles. The van der Waals surface area contributed by atoms with Crippen LogP contribution in [0.25, 0.3) is 10.2 Å². The van der Waals surface area contributed by atoms with Gasteiger partial charge in [-0.15, -0.1) is 11.3 Å². The smallest absolute Gasteiger partial charge is 0.238 e. The molecule has 6 heteroatoms. The predicted octanol–water partition coefficient (Wildman–Crippen LogP) is 4.47. The van der Waals surface area contributed by atoms with E-state index in [1.54, 1.807) is 18.4 Å². The SMILES string of the molecule is COc1ccccc1NC(=O)CN1CCCC[C@H]1c1nc2ccccc2s1. The number of amides is 1. The van der Waals surface area contributed by atoms with Crippen molar-refractivity contribution in [3.8, 4) is 5.75 Å². The molecule has 0 saturated carbocycles. The Kier molecular flexibility index (Phi) is 5.36. The van der Waals surface area contributed by atoms with Gasteiger partial charge in [-0.25, -0.2) is 4.98 Å². The molecule has 1 fully saturated rings. The van der Waals surface area contributed by atoms with Gasteiger partial charge >= 0.3 is 0 Å². The Morgan fingerprint density at radius 2 is 2.04 bits per heavy atom. The van der Waals surface area contributed by atoms with E-state index in [2.05, 4.69) is 22.3 Å². The normalized spacial score (nSPS) is 17.7. The van der Waals surface area contributed by atoms with Crippen LogP contribution in [-0.2, 0) is 4.79 Å². The van der Waals surface area contributed by atoms with Crippen LogP contribution in [0.2, 0.25) is 0 Å². The fourth-order valence-electron chi connectivity index (χ4n) is 3.61. The summed E-state index contributed by atoms with van der Waals surface area (Å²) in [4.78, 5) is 19.8. The van der Waals surface area contributed by atoms with E-state index in [-0.39, 0.29) is 11.9 Å². The Morgan fingerprint density at radius 3 is 2.89 bits per heavy atom. The first kappa shape index (κ1) is 17.9. The average Bonchev–Trinajstić information content (AvgIpc) is 3.13. The fraction of sp³-hybridized carbons (Fsp3) is 0.333. The molecule has 1 aliphatic heterocycles. The Bertz CT molecular complexity index is 907. The van der Waals surface area contributed by atoms with E-state index in [4.69, 9.17) is 9.72 Å². The quantitative estimate of drug-likeness (QED) is 0.708. The summed E-state index contributed by atoms with van der Waals surface area (Å²) < 4.78 is 6.53. The third kappa shape index (κ3) is 3.96. The highest BCUT2D eigenvalue weighted by Crippen LogP contribution is 2.35. The van der Waals surface area contributed by atoms with Crippen molar-refractivity contribution in [3.63, 3.8) is 0 Å². The Labute approximate surface area is 163 Å². The minimum atomic E-state index is -0.0208. The average molecular weight is 382 g/mol. The lowest BCUT2D eigenvalue weighted by atomic mass is 10.0. The number of piperidine rings is 1. The predicted molar refractivity (Wildman–Crippen MR) is 109 cm³/mol. The van der Waals surface area contributed by atoms with Gasteiger partial charge in [0.15, 0.2) is 0 Å². The standard InChI is InChI=1S/C21H23N3O2S/c1-26-18-11-4-2-8-15(18)22-20(25)14-24-13-7-6-10-17(24)21-23-16-9-3-5-12-19(16)27-21/h2-5,8-9,11-12,17H,6-7,10,13-14H2,1H3,(H,22,25)/t17-/m0/s1. The summed E-state index contributed by atoms with van der Waals surface area (Å²) in [5.41, 5.74) is 1.75. The number of ether oxygens (including phenoxy) is 1. The number of hydrogen-bond donors (Lipinski definition) is 1. The molecule has 0 unspecified atom stereocenters. The number of anilines is 1. The molecule has 0 spiro atoms. The minimum absolute atomic E-state index is 0.0208. The van der Waals surface area contributed by atoms with Gasteiger partial charge in [0.2, 0.25) is 5.91 Å². The number of benzene rings is 2. The van der Waals surface area contributed by atoms with Crippen LogP contribution in [-0.4, -0.2) is 36.0 Å². The number of likely N-dealkylation sites (tertiary alicyclic amines) is 1. The molecular formula is C21H23N3O2S. The number of fused-ring (bicyclic) bond motifs is 1. The summed E-state index contributed by atoms with van der Waals surface area (Å²) in [7, 11) is 1.61. The summed E-state index contributed by atoms with van der Waals surface area (Å²) >= 11 is 1.74. The number of carbonyl (C=O) groups excluding carboxylic acids is 1. The van der Waals surface area contributed by atoms with Crippen molar-refractivity contribution < 1.29 is 9.53 Å². The molecule has 140 valence electrons. The zero-order chi connectivity index (χ0) is 18.6. The van der Waals surface area contributed by atoms with Gasteiger partial charge in [0.25, 0.3) is 0 Å². The van der Waals surface area contributed by atoms with Gasteiger partial charge in [-0.2, -0.15) is 0 Å². The second kappa shape index (κ2) is 8.06. The van der Waals surface area contributed by atoms with E-state index in [9.17, 15) is 4.79 Å². The summed E-state index contributed by atoms with van der Waals surface area (Å²) in [6.45, 7) is 1.28. The summed E-state index contributed by atoms with van der Waals surface area (Å²) in [6, 6.07) is 15.9. The number of nitrogens with one attached hydrogen (secondary N) is 1. The highest BCUT2D eigenvalue weighted by Gasteiger charge is 2.28. The highest BCUT2D eigenvalue weighted by atomic mass is 32.1. The lowest BCUT2D eigenvalue weighted by molar-refractivity contribution is -0.118. The first-order valence-electron chi connectivity index (χ1n) is 9.27. The van der Waals surface area contributed by atoms with Crippen LogP contribution in [0, 0.1) is 0 Å². The van der Waals surface area contributed by atoms with Crippen molar-refractivity contribution in [1.82, 2.24) is 9.88 Å². The molecule has 5 nitrogen and oxygen atoms in total. The van der Waals surface area contributed by atoms with Crippen LogP contribution in [0.1, 0.15) is 30.3 Å². The van der Waals surface area contributed by atoms with Crippen LogP contribution in [0.15, 0.2) is 48.5 Å². The Hall–Kier alpha value is -2.44. The van der Waals surface area contributed by atoms with E-state index in [1.165, 1.54) is 11.1 Å². The minimum Gasteiger partial charge on any atom is -0.495 e. The van der Waals surface area contributed by atoms with Crippen molar-refractivity contribution in [2.24, 2.45) is 0 Å². The molecule has 0 radical (unpaired) electrons. The van der Waals surface area contributed by atoms with Gasteiger partial charge in [0.1, 0.15) is 10.8 Å². The molecule has 1 saturated heterocycles. The lowest BCUT2D eigenvalue weighted by Gasteiger charge is -2.33. The maximum Gasteiger partial charge on any atom is 0.238 e. The number of thiazole rings is 1. The van der Waals surface area contributed by atoms with Gasteiger partial charge in [-0.3, -0.25) is 9.69 Å². The molecule has 1 aromatic heterocycles. The van der Waals surface area contributed by atoms with Gasteiger partial charge < -0.3 is 10.1 Å². The second-order valence-corrected chi connectivity index (χ2v) is 7.81. The molecule has 3 aromatic rings. The van der Waals surface area contributed by atoms with Gasteiger partial charge in [0.05, 0.1) is 35.6 Å². The molecule has 4 rings (SSSR count). The molecule has 0 bridgehead atoms. The van der Waals surface area contributed by atoms with E-state index in [0.717, 1.165) is 29.9 Å². The maximum atomic E-state index is 12.7. The number of nitrogens with zero attached hydrogens (tertiary/aromatic N) is 2. The molecular weight excluding hydrogens is 358 g/mol. The molecule has 1 aliphatic rings. The fourth-order valence-corrected chi connectivity index (χ4v) is 4.75. The van der Waals surface area contributed by atoms with Gasteiger partial charge in [0, 0.05) is 0 Å². The molecule has 1 atom stereocenters. The number of rotatable bonds is 5. The van der Waals surface area contributed by atoms with Gasteiger partial charge in [-0.05, 0) is 43.7 Å². The van der Waals surface area contributed by atoms with E-state index in [1.807, 2.05) is 36.4 Å². The van der Waals surface area contributed by atoms with Crippen molar-refractivity contribution in [1.29, 1.82) is 0 Å². The number of para-hydroxylation sites is 3. The Morgan fingerprint density at radius 1 is 1.22 bits per heavy atom. The largest absolute Gasteiger partial charge is 0.495 e. The van der Waals surface area contributed by atoms with Crippen molar-refractivity contribution >= 4 is 33.1 Å². The number of methoxy groups -OCH3 is 1. The van der Waals surface area contributed by atoms with Crippen molar-refractivity contribution in [2.75, 3.05) is 25.5 Å². The van der Waals surface area contributed by atoms with Crippen LogP contribution in [0.3, 0.4) is 0 Å². The molecule has 1 N–H and O–H groups in total. The van der Waals surface area contributed by atoms with Crippen molar-refractivity contribution in [2.45, 2.75) is 25.3 Å². The first-order valence-corrected chi connectivity index (χ1v) is 10.1. The summed E-state index contributed by atoms with van der Waals surface area (Å²) in [5.74, 6) is 0.653. The topological polar surface area (TPSA) is 54.5 Å². The molecule has 1 amide bonds. The molecule has 2 aromatic carbocycles. The zero-order valence-electron chi connectivity index (χ0n) is 15.4. The third-order valence-corrected chi connectivity index (χ3v) is 6.07. The van der Waals surface area contributed by atoms with Crippen LogP contribution < -0.4 is 10.1 Å². The lowest BCUT2D eigenvalue weighted by Crippen LogP contribution is -2.39. The number of aromatic nitrogens is 1. The van der Waals surface area contributed by atoms with Crippen LogP contribution in [0.4, 0.5) is 5.69 Å². The van der Waals surface area contributed by atoms with Crippen LogP contribution >= 0.6 is 11.3 Å². The summed E-state index contributed by atoms with van der Waals surface area (Å²) in [5, 5.41) is 4.10. The second-order valence-electron chi connectivity index (χ2n) is 6.75.